The van der Waals surface area contributed by atoms with Gasteiger partial charge in [0.2, 0.25) is 0 Å². The van der Waals surface area contributed by atoms with Crippen LogP contribution < -0.4 is 0 Å². The van der Waals surface area contributed by atoms with Gasteiger partial charge in [-0.3, -0.25) is 0 Å². The van der Waals surface area contributed by atoms with Crippen LogP contribution >= 0.6 is 0 Å². The van der Waals surface area contributed by atoms with Gasteiger partial charge in [-0.05, 0) is 48.7 Å². The van der Waals surface area contributed by atoms with Crippen LogP contribution in [0.5, 0.6) is 0 Å². The maximum atomic E-state index is 6.30. The summed E-state index contributed by atoms with van der Waals surface area (Å²) in [7, 11) is 0. The van der Waals surface area contributed by atoms with Gasteiger partial charge >= 0.3 is 0 Å². The first-order valence-corrected chi connectivity index (χ1v) is 9.54. The molecule has 0 fully saturated rings. The van der Waals surface area contributed by atoms with Gasteiger partial charge in [0.15, 0.2) is 0 Å². The Kier molecular flexibility index (Phi) is 3.05. The second-order valence-corrected chi connectivity index (χ2v) is 7.50. The van der Waals surface area contributed by atoms with Crippen LogP contribution in [0.2, 0.25) is 0 Å². The predicted molar refractivity (Wildman–Crippen MR) is 116 cm³/mol. The third-order valence-electron chi connectivity index (χ3n) is 5.72. The highest BCUT2D eigenvalue weighted by Gasteiger charge is 2.16. The summed E-state index contributed by atoms with van der Waals surface area (Å²) in [4.78, 5) is 0. The van der Waals surface area contributed by atoms with Gasteiger partial charge < -0.3 is 8.83 Å². The molecule has 2 heterocycles. The minimum absolute atomic E-state index is 0.918. The van der Waals surface area contributed by atoms with Crippen LogP contribution in [0, 0.1) is 13.8 Å². The quantitative estimate of drug-likeness (QED) is 0.299. The first-order chi connectivity index (χ1) is 13.7. The molecule has 0 amide bonds. The first kappa shape index (κ1) is 15.5. The van der Waals surface area contributed by atoms with Crippen LogP contribution in [0.4, 0.5) is 0 Å². The molecule has 0 atom stereocenters. The van der Waals surface area contributed by atoms with Gasteiger partial charge in [-0.2, -0.15) is 0 Å². The van der Waals surface area contributed by atoms with E-state index in [0.29, 0.717) is 0 Å². The molecule has 4 aromatic carbocycles. The molecule has 0 saturated heterocycles. The molecule has 0 radical (unpaired) electrons. The number of hydrogen-bond donors (Lipinski definition) is 0. The van der Waals surface area contributed by atoms with Crippen molar-refractivity contribution in [3.8, 4) is 11.1 Å². The Balaban J connectivity index is 1.70. The molecule has 0 N–H and O–H groups in total. The molecular weight excluding hydrogens is 344 g/mol. The van der Waals surface area contributed by atoms with Gasteiger partial charge in [0, 0.05) is 27.1 Å². The zero-order valence-corrected chi connectivity index (χ0v) is 15.7. The van der Waals surface area contributed by atoms with Gasteiger partial charge in [-0.25, -0.2) is 0 Å². The fourth-order valence-corrected chi connectivity index (χ4v) is 4.44. The minimum Gasteiger partial charge on any atom is -0.456 e. The molecule has 0 spiro atoms. The monoisotopic (exact) mass is 362 g/mol. The summed E-state index contributed by atoms with van der Waals surface area (Å²) in [6.45, 7) is 4.29. The molecule has 28 heavy (non-hydrogen) atoms. The maximum absolute atomic E-state index is 6.30. The van der Waals surface area contributed by atoms with E-state index >= 15 is 0 Å². The van der Waals surface area contributed by atoms with Crippen LogP contribution in [-0.2, 0) is 0 Å². The molecule has 0 unspecified atom stereocenters. The van der Waals surface area contributed by atoms with E-state index in [0.717, 1.165) is 33.5 Å². The minimum atomic E-state index is 0.918. The molecule has 2 nitrogen and oxygen atoms in total. The summed E-state index contributed by atoms with van der Waals surface area (Å²) < 4.78 is 12.5. The van der Waals surface area contributed by atoms with E-state index in [9.17, 15) is 0 Å². The largest absolute Gasteiger partial charge is 0.456 e. The molecule has 0 aliphatic heterocycles. The van der Waals surface area contributed by atoms with E-state index in [4.69, 9.17) is 8.83 Å². The van der Waals surface area contributed by atoms with E-state index in [1.165, 1.54) is 32.7 Å². The molecule has 2 heteroatoms. The van der Waals surface area contributed by atoms with Crippen molar-refractivity contribution in [2.24, 2.45) is 0 Å². The van der Waals surface area contributed by atoms with Crippen molar-refractivity contribution in [3.63, 3.8) is 0 Å². The number of hydrogen-bond acceptors (Lipinski definition) is 2. The molecule has 0 saturated carbocycles. The highest BCUT2D eigenvalue weighted by molar-refractivity contribution is 6.12. The van der Waals surface area contributed by atoms with Gasteiger partial charge in [0.25, 0.3) is 0 Å². The zero-order chi connectivity index (χ0) is 18.8. The van der Waals surface area contributed by atoms with Gasteiger partial charge in [0.1, 0.15) is 22.3 Å². The second kappa shape index (κ2) is 5.49. The predicted octanol–water partition coefficient (Wildman–Crippen LogP) is 7.77. The average Bonchev–Trinajstić information content (AvgIpc) is 3.27. The lowest BCUT2D eigenvalue weighted by Gasteiger charge is -2.07. The third kappa shape index (κ3) is 2.03. The van der Waals surface area contributed by atoms with Crippen LogP contribution in [0.15, 0.2) is 81.6 Å². The van der Waals surface area contributed by atoms with Gasteiger partial charge in [-0.15, -0.1) is 0 Å². The number of para-hydroxylation sites is 2. The van der Waals surface area contributed by atoms with E-state index in [1.807, 2.05) is 24.3 Å². The van der Waals surface area contributed by atoms with Crippen LogP contribution in [-0.4, -0.2) is 0 Å². The summed E-state index contributed by atoms with van der Waals surface area (Å²) in [6, 6.07) is 25.2. The highest BCUT2D eigenvalue weighted by Crippen LogP contribution is 2.40. The Morgan fingerprint density at radius 3 is 2.04 bits per heavy atom. The van der Waals surface area contributed by atoms with Gasteiger partial charge in [0.05, 0.1) is 0 Å². The smallest absolute Gasteiger partial charge is 0.143 e. The Morgan fingerprint density at radius 1 is 0.571 bits per heavy atom. The molecule has 0 bridgehead atoms. The number of fused-ring (bicyclic) bond motifs is 6. The fraction of sp³-hybridized carbons (Fsp3) is 0.0769. The summed E-state index contributed by atoms with van der Waals surface area (Å²) in [5.41, 5.74) is 8.37. The van der Waals surface area contributed by atoms with Crippen molar-refractivity contribution in [2.75, 3.05) is 0 Å². The Labute approximate surface area is 162 Å². The number of aryl methyl sites for hydroxylation is 2. The van der Waals surface area contributed by atoms with E-state index in [-0.39, 0.29) is 0 Å². The van der Waals surface area contributed by atoms with Crippen molar-refractivity contribution in [1.82, 2.24) is 0 Å². The summed E-state index contributed by atoms with van der Waals surface area (Å²) in [6.07, 6.45) is 0. The van der Waals surface area contributed by atoms with E-state index in [2.05, 4.69) is 62.4 Å². The van der Waals surface area contributed by atoms with Crippen LogP contribution in [0.1, 0.15) is 11.1 Å². The topological polar surface area (TPSA) is 26.3 Å². The highest BCUT2D eigenvalue weighted by atomic mass is 16.3. The van der Waals surface area contributed by atoms with E-state index in [1.54, 1.807) is 0 Å². The van der Waals surface area contributed by atoms with Gasteiger partial charge in [-0.1, -0.05) is 54.6 Å². The van der Waals surface area contributed by atoms with E-state index < -0.39 is 0 Å². The van der Waals surface area contributed by atoms with Crippen molar-refractivity contribution in [3.05, 3.63) is 83.9 Å². The summed E-state index contributed by atoms with van der Waals surface area (Å²) in [5.74, 6) is 0. The summed E-state index contributed by atoms with van der Waals surface area (Å²) >= 11 is 0. The maximum Gasteiger partial charge on any atom is 0.143 e. The SMILES string of the molecule is Cc1cc(-c2ccc(C)c3c2oc2ccccc23)cc2oc3ccccc3c12. The van der Waals surface area contributed by atoms with Crippen molar-refractivity contribution in [1.29, 1.82) is 0 Å². The Hall–Kier alpha value is -3.52. The fourth-order valence-electron chi connectivity index (χ4n) is 4.44. The molecular formula is C26H18O2. The Morgan fingerprint density at radius 2 is 1.25 bits per heavy atom. The summed E-state index contributed by atoms with van der Waals surface area (Å²) in [5, 5.41) is 4.71. The van der Waals surface area contributed by atoms with Crippen LogP contribution in [0.25, 0.3) is 55.0 Å². The number of benzene rings is 4. The van der Waals surface area contributed by atoms with Crippen LogP contribution in [0.3, 0.4) is 0 Å². The molecule has 6 aromatic rings. The molecule has 0 aliphatic carbocycles. The third-order valence-corrected chi connectivity index (χ3v) is 5.72. The lowest BCUT2D eigenvalue weighted by atomic mass is 9.96. The lowest BCUT2D eigenvalue weighted by molar-refractivity contribution is 0.668. The zero-order valence-electron chi connectivity index (χ0n) is 15.7. The average molecular weight is 362 g/mol. The molecule has 0 aliphatic rings. The molecule has 134 valence electrons. The standard InChI is InChI=1S/C26H18O2/c1-15-11-12-18(26-25(15)20-8-4-6-10-22(20)28-26)17-13-16(2)24-19-7-3-5-9-21(19)27-23(24)14-17/h3-14H,1-2H3. The lowest BCUT2D eigenvalue weighted by Crippen LogP contribution is -1.84. The van der Waals surface area contributed by atoms with Crippen molar-refractivity contribution in [2.45, 2.75) is 13.8 Å². The number of rotatable bonds is 1. The first-order valence-electron chi connectivity index (χ1n) is 9.54. The van der Waals surface area contributed by atoms with Crippen molar-refractivity contribution < 1.29 is 8.83 Å². The normalized spacial score (nSPS) is 11.9. The second-order valence-electron chi connectivity index (χ2n) is 7.50. The molecule has 6 rings (SSSR count). The number of furan rings is 2. The molecule has 2 aromatic heterocycles. The van der Waals surface area contributed by atoms with Crippen molar-refractivity contribution >= 4 is 43.9 Å². The Bertz CT molecular complexity index is 1530.